The van der Waals surface area contributed by atoms with Crippen LogP contribution in [0.15, 0.2) is 61.1 Å². The Hall–Kier alpha value is -4.33. The lowest BCUT2D eigenvalue weighted by atomic mass is 9.98. The maximum atomic E-state index is 12.7. The van der Waals surface area contributed by atoms with Gasteiger partial charge in [-0.05, 0) is 81.5 Å². The van der Waals surface area contributed by atoms with Gasteiger partial charge < -0.3 is 19.8 Å². The Morgan fingerprint density at radius 2 is 1.88 bits per heavy atom. The van der Waals surface area contributed by atoms with Gasteiger partial charge in [0.05, 0.1) is 17.8 Å². The highest BCUT2D eigenvalue weighted by molar-refractivity contribution is 5.89. The number of para-hydroxylation sites is 1. The van der Waals surface area contributed by atoms with Gasteiger partial charge in [-0.25, -0.2) is 4.79 Å². The largest absolute Gasteiger partial charge is 0.490 e. The maximum Gasteiger partial charge on any atom is 0.408 e. The first kappa shape index (κ1) is 27.2. The summed E-state index contributed by atoms with van der Waals surface area (Å²) in [5.74, 6) is 0.633. The van der Waals surface area contributed by atoms with Crippen molar-refractivity contribution in [1.29, 1.82) is 0 Å². The first-order valence-corrected chi connectivity index (χ1v) is 13.8. The average molecular weight is 540 g/mol. The molecule has 5 aromatic rings. The topological polar surface area (TPSA) is 105 Å². The van der Waals surface area contributed by atoms with E-state index in [1.807, 2.05) is 64.4 Å². The predicted molar refractivity (Wildman–Crippen MR) is 159 cm³/mol. The minimum atomic E-state index is -0.598. The van der Waals surface area contributed by atoms with Gasteiger partial charge in [0.2, 0.25) is 0 Å². The molecule has 8 nitrogen and oxygen atoms in total. The number of hydrogen-bond acceptors (Lipinski definition) is 5. The zero-order chi connectivity index (χ0) is 28.3. The summed E-state index contributed by atoms with van der Waals surface area (Å²) >= 11 is 0. The minimum absolute atomic E-state index is 0.255. The number of ether oxygens (including phenoxy) is 2. The summed E-state index contributed by atoms with van der Waals surface area (Å²) in [6, 6.07) is 14.1. The molecule has 0 aliphatic rings. The first-order chi connectivity index (χ1) is 19.2. The number of aryl methyl sites for hydroxylation is 2. The molecule has 40 heavy (non-hydrogen) atoms. The highest BCUT2D eigenvalue weighted by Gasteiger charge is 2.21. The Morgan fingerprint density at radius 1 is 1.05 bits per heavy atom. The number of benzene rings is 2. The van der Waals surface area contributed by atoms with Crippen LogP contribution in [0, 0.1) is 6.92 Å². The number of pyridine rings is 1. The Labute approximate surface area is 234 Å². The fourth-order valence-corrected chi connectivity index (χ4v) is 4.98. The molecule has 1 amide bonds. The second kappa shape index (κ2) is 11.4. The van der Waals surface area contributed by atoms with Crippen LogP contribution in [-0.2, 0) is 17.6 Å². The van der Waals surface area contributed by atoms with Gasteiger partial charge in [0.1, 0.15) is 18.0 Å². The van der Waals surface area contributed by atoms with Gasteiger partial charge >= 0.3 is 6.09 Å². The zero-order valence-corrected chi connectivity index (χ0v) is 23.8. The number of amides is 1. The molecule has 208 valence electrons. The number of hydrogen-bond donors (Lipinski definition) is 3. The van der Waals surface area contributed by atoms with Crippen LogP contribution in [0.3, 0.4) is 0 Å². The third-order valence-electron chi connectivity index (χ3n) is 6.81. The van der Waals surface area contributed by atoms with Gasteiger partial charge in [0.15, 0.2) is 0 Å². The van der Waals surface area contributed by atoms with Crippen LogP contribution in [0.4, 0.5) is 4.79 Å². The number of rotatable bonds is 9. The van der Waals surface area contributed by atoms with E-state index in [1.165, 1.54) is 5.56 Å². The molecule has 0 aliphatic heterocycles. The van der Waals surface area contributed by atoms with E-state index in [0.29, 0.717) is 12.2 Å². The van der Waals surface area contributed by atoms with E-state index < -0.39 is 11.7 Å². The van der Waals surface area contributed by atoms with Crippen molar-refractivity contribution in [2.45, 2.75) is 65.5 Å². The molecule has 3 aromatic heterocycles. The number of alkyl carbamates (subject to hydrolysis) is 1. The van der Waals surface area contributed by atoms with E-state index in [1.54, 1.807) is 6.20 Å². The summed E-state index contributed by atoms with van der Waals surface area (Å²) in [7, 11) is 0. The van der Waals surface area contributed by atoms with Gasteiger partial charge in [-0.2, -0.15) is 5.10 Å². The summed E-state index contributed by atoms with van der Waals surface area (Å²) in [5.41, 5.74) is 6.87. The number of carbonyl (C=O) groups is 1. The quantitative estimate of drug-likeness (QED) is 0.189. The van der Waals surface area contributed by atoms with E-state index in [9.17, 15) is 4.79 Å². The average Bonchev–Trinajstić information content (AvgIpc) is 3.50. The molecule has 0 unspecified atom stereocenters. The summed E-state index contributed by atoms with van der Waals surface area (Å²) < 4.78 is 11.8. The molecule has 0 aliphatic carbocycles. The number of H-pyrrole nitrogens is 2. The van der Waals surface area contributed by atoms with Gasteiger partial charge in [-0.15, -0.1) is 0 Å². The Balaban J connectivity index is 1.37. The van der Waals surface area contributed by atoms with E-state index >= 15 is 0 Å². The fourth-order valence-electron chi connectivity index (χ4n) is 4.98. The maximum absolute atomic E-state index is 12.7. The third-order valence-corrected chi connectivity index (χ3v) is 6.81. The van der Waals surface area contributed by atoms with Gasteiger partial charge in [-0.1, -0.05) is 31.5 Å². The summed E-state index contributed by atoms with van der Waals surface area (Å²) in [5, 5.41) is 12.9. The summed E-state index contributed by atoms with van der Waals surface area (Å²) in [4.78, 5) is 20.5. The number of aromatic amines is 2. The van der Waals surface area contributed by atoms with Crippen LogP contribution in [0.1, 0.15) is 50.9 Å². The fraction of sp³-hybridized carbons (Fsp3) is 0.344. The standard InChI is InChI=1S/C32H37N5O3/c1-6-9-21-12-22(15-28-20(2)36-37-30(21)28)23-14-26(18-33-16-23)39-19-25(35-31(38)40-32(3,4)5)13-24-17-34-29-11-8-7-10-27(24)29/h7-8,10-12,14-18,25,34H,6,9,13,19H2,1-5H3,(H,35,38)(H,36,37)/t25-/m0/s1. The normalized spacial score (nSPS) is 12.5. The zero-order valence-electron chi connectivity index (χ0n) is 23.8. The molecule has 3 N–H and O–H groups in total. The van der Waals surface area contributed by atoms with Crippen LogP contribution in [0.25, 0.3) is 32.9 Å². The third kappa shape index (κ3) is 6.28. The molecular weight excluding hydrogens is 502 g/mol. The first-order valence-electron chi connectivity index (χ1n) is 13.8. The van der Waals surface area contributed by atoms with Crippen molar-refractivity contribution < 1.29 is 14.3 Å². The van der Waals surface area contributed by atoms with E-state index in [2.05, 4.69) is 50.6 Å². The van der Waals surface area contributed by atoms with Crippen molar-refractivity contribution in [2.24, 2.45) is 0 Å². The van der Waals surface area contributed by atoms with Gasteiger partial charge in [0, 0.05) is 39.9 Å². The lowest BCUT2D eigenvalue weighted by Gasteiger charge is -2.24. The van der Waals surface area contributed by atoms with Crippen molar-refractivity contribution in [3.8, 4) is 16.9 Å². The second-order valence-electron chi connectivity index (χ2n) is 11.3. The molecule has 0 fully saturated rings. The van der Waals surface area contributed by atoms with Gasteiger partial charge in [-0.3, -0.25) is 10.1 Å². The molecular formula is C32H37N5O3. The molecule has 0 spiro atoms. The smallest absolute Gasteiger partial charge is 0.408 e. The van der Waals surface area contributed by atoms with Crippen LogP contribution in [-0.4, -0.2) is 44.5 Å². The molecule has 2 aromatic carbocycles. The van der Waals surface area contributed by atoms with Crippen molar-refractivity contribution >= 4 is 27.9 Å². The van der Waals surface area contributed by atoms with Crippen LogP contribution in [0.5, 0.6) is 5.75 Å². The summed E-state index contributed by atoms with van der Waals surface area (Å²) in [6.07, 6.45) is 7.63. The second-order valence-corrected chi connectivity index (χ2v) is 11.3. The molecule has 0 radical (unpaired) electrons. The molecule has 5 rings (SSSR count). The van der Waals surface area contributed by atoms with E-state index in [4.69, 9.17) is 9.47 Å². The Kier molecular flexibility index (Phi) is 7.78. The predicted octanol–water partition coefficient (Wildman–Crippen LogP) is 6.88. The highest BCUT2D eigenvalue weighted by atomic mass is 16.6. The summed E-state index contributed by atoms with van der Waals surface area (Å²) in [6.45, 7) is 10.0. The number of fused-ring (bicyclic) bond motifs is 2. The molecule has 1 atom stereocenters. The van der Waals surface area contributed by atoms with Crippen molar-refractivity contribution in [2.75, 3.05) is 6.61 Å². The monoisotopic (exact) mass is 539 g/mol. The van der Waals surface area contributed by atoms with Crippen LogP contribution >= 0.6 is 0 Å². The van der Waals surface area contributed by atoms with Crippen molar-refractivity contribution in [3.05, 3.63) is 77.9 Å². The molecule has 0 bridgehead atoms. The van der Waals surface area contributed by atoms with Crippen molar-refractivity contribution in [3.63, 3.8) is 0 Å². The number of nitrogens with zero attached hydrogens (tertiary/aromatic N) is 2. The lowest BCUT2D eigenvalue weighted by Crippen LogP contribution is -2.43. The van der Waals surface area contributed by atoms with E-state index in [-0.39, 0.29) is 12.6 Å². The molecule has 0 saturated heterocycles. The SMILES string of the molecule is CCCc1cc(-c2cncc(OC[C@H](Cc3c[nH]c4ccccc34)NC(=O)OC(C)(C)C)c2)cc2c(C)[nH]nc12. The van der Waals surface area contributed by atoms with Crippen LogP contribution < -0.4 is 10.1 Å². The number of carbonyl (C=O) groups excluding carboxylic acids is 1. The lowest BCUT2D eigenvalue weighted by molar-refractivity contribution is 0.0488. The van der Waals surface area contributed by atoms with Crippen molar-refractivity contribution in [1.82, 2.24) is 25.5 Å². The van der Waals surface area contributed by atoms with Gasteiger partial charge in [0.25, 0.3) is 0 Å². The Bertz CT molecular complexity index is 1630. The minimum Gasteiger partial charge on any atom is -0.490 e. The number of aromatic nitrogens is 4. The highest BCUT2D eigenvalue weighted by Crippen LogP contribution is 2.30. The molecule has 3 heterocycles. The Morgan fingerprint density at radius 3 is 2.67 bits per heavy atom. The molecule has 8 heteroatoms. The van der Waals surface area contributed by atoms with E-state index in [0.717, 1.165) is 57.0 Å². The molecule has 0 saturated carbocycles. The number of nitrogens with one attached hydrogen (secondary N) is 3. The van der Waals surface area contributed by atoms with Crippen LogP contribution in [0.2, 0.25) is 0 Å².